The van der Waals surface area contributed by atoms with E-state index in [1.54, 1.807) is 43.3 Å². The largest absolute Gasteiger partial charge is 0.497 e. The number of sulfonamides is 1. The van der Waals surface area contributed by atoms with Crippen LogP contribution in [0.15, 0.2) is 48.5 Å². The van der Waals surface area contributed by atoms with Gasteiger partial charge in [0.05, 0.1) is 19.1 Å². The topological polar surface area (TPSA) is 96.0 Å². The molecule has 198 valence electrons. The highest BCUT2D eigenvalue weighted by atomic mass is 32.2. The Kier molecular flexibility index (Phi) is 9.86. The molecule has 36 heavy (non-hydrogen) atoms. The van der Waals surface area contributed by atoms with E-state index < -0.39 is 27.4 Å². The van der Waals surface area contributed by atoms with E-state index >= 15 is 0 Å². The molecule has 0 aliphatic rings. The summed E-state index contributed by atoms with van der Waals surface area (Å²) in [4.78, 5) is 27.5. The maximum Gasteiger partial charge on any atom is 0.242 e. The molecule has 0 aliphatic heterocycles. The minimum Gasteiger partial charge on any atom is -0.497 e. The average Bonchev–Trinajstić information content (AvgIpc) is 2.79. The Morgan fingerprint density at radius 3 is 2.14 bits per heavy atom. The standard InChI is InChI=1S/C26H36FN3O5S/c1-19(25(32)28-26(2,3)4)29(18-20-9-11-21(27)12-10-20)24(31)8-7-17-30(36(6,33)34)22-13-15-23(35-5)16-14-22/h9-16,19H,7-8,17-18H2,1-6H3,(H,28,32). The SMILES string of the molecule is COc1ccc(N(CCCC(=O)N(Cc2ccc(F)cc2)C(C)C(=O)NC(C)(C)C)S(C)(=O)=O)cc1. The van der Waals surface area contributed by atoms with Gasteiger partial charge in [-0.25, -0.2) is 12.8 Å². The molecule has 0 aliphatic carbocycles. The Balaban J connectivity index is 2.17. The molecule has 8 nitrogen and oxygen atoms in total. The summed E-state index contributed by atoms with van der Waals surface area (Å²) in [7, 11) is -2.07. The van der Waals surface area contributed by atoms with Crippen LogP contribution in [0.4, 0.5) is 10.1 Å². The van der Waals surface area contributed by atoms with Gasteiger partial charge in [0.25, 0.3) is 0 Å². The third-order valence-corrected chi connectivity index (χ3v) is 6.64. The Hall–Kier alpha value is -3.14. The molecule has 2 amide bonds. The number of halogens is 1. The Bertz CT molecular complexity index is 1130. The number of rotatable bonds is 11. The van der Waals surface area contributed by atoms with Gasteiger partial charge in [0.1, 0.15) is 17.6 Å². The van der Waals surface area contributed by atoms with Crippen LogP contribution in [0, 0.1) is 5.82 Å². The molecule has 0 spiro atoms. The van der Waals surface area contributed by atoms with E-state index in [0.29, 0.717) is 17.0 Å². The minimum absolute atomic E-state index is 0.0243. The third kappa shape index (κ3) is 8.82. The van der Waals surface area contributed by atoms with E-state index in [1.807, 2.05) is 20.8 Å². The van der Waals surface area contributed by atoms with E-state index in [-0.39, 0.29) is 37.7 Å². The van der Waals surface area contributed by atoms with Crippen LogP contribution in [0.3, 0.4) is 0 Å². The van der Waals surface area contributed by atoms with Gasteiger partial charge in [-0.05, 0) is 76.1 Å². The lowest BCUT2D eigenvalue weighted by molar-refractivity contribution is -0.141. The fraction of sp³-hybridized carbons (Fsp3) is 0.462. The molecule has 0 saturated heterocycles. The van der Waals surface area contributed by atoms with E-state index in [0.717, 1.165) is 6.26 Å². The zero-order chi connectivity index (χ0) is 27.1. The molecule has 0 saturated carbocycles. The van der Waals surface area contributed by atoms with Gasteiger partial charge >= 0.3 is 0 Å². The summed E-state index contributed by atoms with van der Waals surface area (Å²) in [6, 6.07) is 11.6. The molecule has 2 aromatic carbocycles. The second-order valence-electron chi connectivity index (χ2n) is 9.70. The van der Waals surface area contributed by atoms with Crippen molar-refractivity contribution < 1.29 is 27.1 Å². The van der Waals surface area contributed by atoms with Gasteiger partial charge in [-0.15, -0.1) is 0 Å². The number of hydrogen-bond acceptors (Lipinski definition) is 5. The summed E-state index contributed by atoms with van der Waals surface area (Å²) in [5.41, 5.74) is 0.660. The predicted octanol–water partition coefficient (Wildman–Crippen LogP) is 3.71. The molecule has 1 atom stereocenters. The van der Waals surface area contributed by atoms with Gasteiger partial charge < -0.3 is 15.0 Å². The van der Waals surface area contributed by atoms with Gasteiger partial charge in [-0.1, -0.05) is 12.1 Å². The fourth-order valence-corrected chi connectivity index (χ4v) is 4.56. The van der Waals surface area contributed by atoms with Crippen LogP contribution >= 0.6 is 0 Å². The minimum atomic E-state index is -3.59. The number of anilines is 1. The first kappa shape index (κ1) is 29.1. The number of carbonyl (C=O) groups excluding carboxylic acids is 2. The fourth-order valence-electron chi connectivity index (χ4n) is 3.60. The molecule has 0 bridgehead atoms. The quantitative estimate of drug-likeness (QED) is 0.486. The smallest absolute Gasteiger partial charge is 0.242 e. The Labute approximate surface area is 213 Å². The molecular formula is C26H36FN3O5S. The van der Waals surface area contributed by atoms with Crippen molar-refractivity contribution in [3.8, 4) is 5.75 Å². The van der Waals surface area contributed by atoms with Crippen LogP contribution in [0.1, 0.15) is 46.1 Å². The Morgan fingerprint density at radius 1 is 1.06 bits per heavy atom. The highest BCUT2D eigenvalue weighted by molar-refractivity contribution is 7.92. The number of nitrogens with zero attached hydrogens (tertiary/aromatic N) is 2. The lowest BCUT2D eigenvalue weighted by atomic mass is 10.1. The number of carbonyl (C=O) groups is 2. The molecule has 1 unspecified atom stereocenters. The summed E-state index contributed by atoms with van der Waals surface area (Å²) in [6.07, 6.45) is 1.38. The summed E-state index contributed by atoms with van der Waals surface area (Å²) in [6.45, 7) is 7.40. The second kappa shape index (κ2) is 12.2. The normalized spacial score (nSPS) is 12.5. The van der Waals surface area contributed by atoms with E-state index in [4.69, 9.17) is 4.74 Å². The summed E-state index contributed by atoms with van der Waals surface area (Å²) in [5.74, 6) is -0.413. The molecule has 0 radical (unpaired) electrons. The zero-order valence-electron chi connectivity index (χ0n) is 21.7. The van der Waals surface area contributed by atoms with Crippen molar-refractivity contribution in [3.63, 3.8) is 0 Å². The first-order valence-corrected chi connectivity index (χ1v) is 13.5. The third-order valence-electron chi connectivity index (χ3n) is 5.44. The van der Waals surface area contributed by atoms with Crippen LogP contribution in [0.25, 0.3) is 0 Å². The number of nitrogens with one attached hydrogen (secondary N) is 1. The molecule has 0 aromatic heterocycles. The predicted molar refractivity (Wildman–Crippen MR) is 139 cm³/mol. The highest BCUT2D eigenvalue weighted by Crippen LogP contribution is 2.22. The van der Waals surface area contributed by atoms with Crippen molar-refractivity contribution in [2.24, 2.45) is 0 Å². The first-order chi connectivity index (χ1) is 16.7. The van der Waals surface area contributed by atoms with Crippen LogP contribution in [0.5, 0.6) is 5.75 Å². The van der Waals surface area contributed by atoms with Crippen molar-refractivity contribution in [2.45, 2.75) is 58.7 Å². The van der Waals surface area contributed by atoms with Crippen LogP contribution in [-0.2, 0) is 26.2 Å². The van der Waals surface area contributed by atoms with Gasteiger partial charge in [-0.3, -0.25) is 13.9 Å². The second-order valence-corrected chi connectivity index (χ2v) is 11.6. The summed E-state index contributed by atoms with van der Waals surface area (Å²) >= 11 is 0. The summed E-state index contributed by atoms with van der Waals surface area (Å²) in [5, 5.41) is 2.88. The summed E-state index contributed by atoms with van der Waals surface area (Å²) < 4.78 is 44.6. The van der Waals surface area contributed by atoms with Gasteiger partial charge in [0, 0.05) is 25.0 Å². The average molecular weight is 522 g/mol. The molecule has 10 heteroatoms. The molecule has 1 N–H and O–H groups in total. The van der Waals surface area contributed by atoms with Gasteiger partial charge in [0.2, 0.25) is 21.8 Å². The number of methoxy groups -OCH3 is 1. The van der Waals surface area contributed by atoms with Crippen LogP contribution in [-0.4, -0.2) is 56.6 Å². The molecular weight excluding hydrogens is 485 g/mol. The number of benzene rings is 2. The van der Waals surface area contributed by atoms with Crippen molar-refractivity contribution in [3.05, 3.63) is 59.9 Å². The van der Waals surface area contributed by atoms with E-state index in [1.165, 1.54) is 28.4 Å². The zero-order valence-corrected chi connectivity index (χ0v) is 22.6. The van der Waals surface area contributed by atoms with Crippen LogP contribution < -0.4 is 14.4 Å². The molecule has 2 aromatic rings. The maximum atomic E-state index is 13.4. The van der Waals surface area contributed by atoms with Gasteiger partial charge in [-0.2, -0.15) is 0 Å². The monoisotopic (exact) mass is 521 g/mol. The van der Waals surface area contributed by atoms with Gasteiger partial charge in [0.15, 0.2) is 0 Å². The van der Waals surface area contributed by atoms with Crippen LogP contribution in [0.2, 0.25) is 0 Å². The van der Waals surface area contributed by atoms with Crippen molar-refractivity contribution in [1.29, 1.82) is 0 Å². The molecule has 0 fully saturated rings. The molecule has 2 rings (SSSR count). The highest BCUT2D eigenvalue weighted by Gasteiger charge is 2.28. The van der Waals surface area contributed by atoms with E-state index in [9.17, 15) is 22.4 Å². The van der Waals surface area contributed by atoms with E-state index in [2.05, 4.69) is 5.32 Å². The molecule has 0 heterocycles. The number of hydrogen-bond donors (Lipinski definition) is 1. The lowest BCUT2D eigenvalue weighted by Crippen LogP contribution is -2.52. The van der Waals surface area contributed by atoms with Crippen molar-refractivity contribution >= 4 is 27.5 Å². The number of amides is 2. The first-order valence-electron chi connectivity index (χ1n) is 11.7. The number of ether oxygens (including phenoxy) is 1. The Morgan fingerprint density at radius 2 is 1.64 bits per heavy atom. The van der Waals surface area contributed by atoms with Crippen molar-refractivity contribution in [1.82, 2.24) is 10.2 Å². The lowest BCUT2D eigenvalue weighted by Gasteiger charge is -2.32. The van der Waals surface area contributed by atoms with Crippen molar-refractivity contribution in [2.75, 3.05) is 24.2 Å². The maximum absolute atomic E-state index is 13.4.